The van der Waals surface area contributed by atoms with E-state index >= 15 is 0 Å². The first-order valence-corrected chi connectivity index (χ1v) is 9.05. The minimum Gasteiger partial charge on any atom is -0.369 e. The van der Waals surface area contributed by atoms with Crippen LogP contribution in [-0.2, 0) is 4.74 Å². The van der Waals surface area contributed by atoms with Crippen LogP contribution in [0.1, 0.15) is 56.3 Å². The average molecular weight is 372 g/mol. The smallest absolute Gasteiger partial charge is 0.0920 e. The lowest BCUT2D eigenvalue weighted by Gasteiger charge is -2.34. The molecule has 1 aliphatic rings. The van der Waals surface area contributed by atoms with E-state index in [0.29, 0.717) is 6.10 Å². The molecule has 0 amide bonds. The molecule has 2 heteroatoms. The van der Waals surface area contributed by atoms with Gasteiger partial charge in [0.2, 0.25) is 0 Å². The molecule has 106 valence electrons. The molecule has 0 N–H and O–H groups in total. The van der Waals surface area contributed by atoms with Gasteiger partial charge in [-0.3, -0.25) is 0 Å². The Bertz CT molecular complexity index is 391. The fourth-order valence-corrected chi connectivity index (χ4v) is 3.85. The summed E-state index contributed by atoms with van der Waals surface area (Å²) in [5.74, 6) is 0.767. The molecular formula is C17H25IO. The van der Waals surface area contributed by atoms with Gasteiger partial charge in [0.05, 0.1) is 12.2 Å². The molecule has 1 nitrogen and oxygen atoms in total. The molecule has 1 fully saturated rings. The van der Waals surface area contributed by atoms with Crippen molar-refractivity contribution in [1.29, 1.82) is 0 Å². The summed E-state index contributed by atoms with van der Waals surface area (Å²) in [5.41, 5.74) is 2.73. The van der Waals surface area contributed by atoms with Crippen molar-refractivity contribution in [1.82, 2.24) is 0 Å². The summed E-state index contributed by atoms with van der Waals surface area (Å²) >= 11 is 2.46. The van der Waals surface area contributed by atoms with Crippen LogP contribution in [0.2, 0.25) is 0 Å². The van der Waals surface area contributed by atoms with Crippen LogP contribution in [0.3, 0.4) is 0 Å². The number of benzene rings is 1. The highest BCUT2D eigenvalue weighted by molar-refractivity contribution is 14.1. The van der Waals surface area contributed by atoms with Gasteiger partial charge < -0.3 is 4.74 Å². The highest BCUT2D eigenvalue weighted by Gasteiger charge is 2.27. The Morgan fingerprint density at radius 1 is 1.26 bits per heavy atom. The summed E-state index contributed by atoms with van der Waals surface area (Å²) in [6, 6.07) is 8.65. The fourth-order valence-electron chi connectivity index (χ4n) is 3.17. The fraction of sp³-hybridized carbons (Fsp3) is 0.647. The third-order valence-electron chi connectivity index (χ3n) is 4.38. The van der Waals surface area contributed by atoms with Gasteiger partial charge in [-0.1, -0.05) is 73.0 Å². The van der Waals surface area contributed by atoms with E-state index in [4.69, 9.17) is 4.74 Å². The lowest BCUT2D eigenvalue weighted by atomic mass is 9.84. The minimum absolute atomic E-state index is 0.263. The summed E-state index contributed by atoms with van der Waals surface area (Å²) < 4.78 is 7.54. The van der Waals surface area contributed by atoms with E-state index in [9.17, 15) is 0 Å². The Hall–Kier alpha value is -0.0900. The van der Waals surface area contributed by atoms with E-state index in [0.717, 1.165) is 10.3 Å². The summed E-state index contributed by atoms with van der Waals surface area (Å²) in [6.07, 6.45) is 7.31. The number of aryl methyl sites for hydroxylation is 1. The van der Waals surface area contributed by atoms with E-state index in [1.165, 1.54) is 43.2 Å². The van der Waals surface area contributed by atoms with Crippen molar-refractivity contribution in [3.05, 3.63) is 35.4 Å². The number of ether oxygens (including phenoxy) is 1. The predicted octanol–water partition coefficient (Wildman–Crippen LogP) is 5.46. The molecule has 3 unspecified atom stereocenters. The van der Waals surface area contributed by atoms with Crippen molar-refractivity contribution >= 4 is 22.6 Å². The standard InChI is InChI=1S/C17H25IO/c1-3-14-9-5-7-11-16(14)19-17(12-18)15-10-6-4-8-13(15)2/h4,6,8,10,14,16-17H,3,5,7,9,11-12H2,1-2H3. The van der Waals surface area contributed by atoms with Gasteiger partial charge in [-0.2, -0.15) is 0 Å². The van der Waals surface area contributed by atoms with Gasteiger partial charge in [-0.15, -0.1) is 0 Å². The van der Waals surface area contributed by atoms with Crippen LogP contribution in [-0.4, -0.2) is 10.5 Å². The number of rotatable bonds is 5. The maximum Gasteiger partial charge on any atom is 0.0920 e. The number of hydrogen-bond acceptors (Lipinski definition) is 1. The Balaban J connectivity index is 2.08. The highest BCUT2D eigenvalue weighted by atomic mass is 127. The van der Waals surface area contributed by atoms with E-state index < -0.39 is 0 Å². The van der Waals surface area contributed by atoms with E-state index in [1.54, 1.807) is 0 Å². The van der Waals surface area contributed by atoms with E-state index in [2.05, 4.69) is 60.7 Å². The van der Waals surface area contributed by atoms with Crippen LogP contribution in [0.15, 0.2) is 24.3 Å². The maximum atomic E-state index is 6.50. The Kier molecular flexibility index (Phi) is 6.14. The van der Waals surface area contributed by atoms with E-state index in [1.807, 2.05) is 0 Å². The molecule has 0 saturated heterocycles. The summed E-state index contributed by atoms with van der Waals surface area (Å²) in [4.78, 5) is 0. The quantitative estimate of drug-likeness (QED) is 0.493. The molecule has 1 saturated carbocycles. The molecule has 1 aliphatic carbocycles. The van der Waals surface area contributed by atoms with Gasteiger partial charge in [-0.25, -0.2) is 0 Å². The van der Waals surface area contributed by atoms with Gasteiger partial charge in [0.15, 0.2) is 0 Å². The van der Waals surface area contributed by atoms with Gasteiger partial charge in [0.1, 0.15) is 0 Å². The third-order valence-corrected chi connectivity index (χ3v) is 5.18. The zero-order valence-corrected chi connectivity index (χ0v) is 14.2. The zero-order valence-electron chi connectivity index (χ0n) is 12.1. The van der Waals surface area contributed by atoms with Gasteiger partial charge in [-0.05, 0) is 36.8 Å². The summed E-state index contributed by atoms with van der Waals surface area (Å²) in [5, 5.41) is 0. The van der Waals surface area contributed by atoms with Gasteiger partial charge >= 0.3 is 0 Å². The molecule has 3 atom stereocenters. The van der Waals surface area contributed by atoms with Gasteiger partial charge in [0.25, 0.3) is 0 Å². The van der Waals surface area contributed by atoms with Crippen LogP contribution in [0, 0.1) is 12.8 Å². The molecule has 0 heterocycles. The molecule has 0 radical (unpaired) electrons. The molecule has 0 bridgehead atoms. The normalized spacial score (nSPS) is 25.2. The highest BCUT2D eigenvalue weighted by Crippen LogP contribution is 2.34. The first-order valence-electron chi connectivity index (χ1n) is 7.53. The topological polar surface area (TPSA) is 9.23 Å². The average Bonchev–Trinajstić information content (AvgIpc) is 2.46. The Morgan fingerprint density at radius 3 is 2.68 bits per heavy atom. The van der Waals surface area contributed by atoms with Crippen LogP contribution >= 0.6 is 22.6 Å². The van der Waals surface area contributed by atoms with Crippen molar-refractivity contribution < 1.29 is 4.74 Å². The van der Waals surface area contributed by atoms with Crippen LogP contribution in [0.4, 0.5) is 0 Å². The van der Waals surface area contributed by atoms with E-state index in [-0.39, 0.29) is 6.10 Å². The first kappa shape index (κ1) is 15.3. The Morgan fingerprint density at radius 2 is 2.00 bits per heavy atom. The minimum atomic E-state index is 0.263. The van der Waals surface area contributed by atoms with Gasteiger partial charge in [0, 0.05) is 4.43 Å². The monoisotopic (exact) mass is 372 g/mol. The van der Waals surface area contributed by atoms with Crippen molar-refractivity contribution in [3.8, 4) is 0 Å². The number of halogens is 1. The molecule has 0 aromatic heterocycles. The van der Waals surface area contributed by atoms with Crippen molar-refractivity contribution in [2.75, 3.05) is 4.43 Å². The second-order valence-electron chi connectivity index (χ2n) is 5.63. The molecule has 2 rings (SSSR count). The van der Waals surface area contributed by atoms with Crippen LogP contribution < -0.4 is 0 Å². The number of alkyl halides is 1. The molecule has 0 aliphatic heterocycles. The molecule has 1 aromatic rings. The molecule has 1 aromatic carbocycles. The Labute approximate surface area is 131 Å². The van der Waals surface area contributed by atoms with Crippen molar-refractivity contribution in [2.24, 2.45) is 5.92 Å². The first-order chi connectivity index (χ1) is 9.26. The summed E-state index contributed by atoms with van der Waals surface area (Å²) in [6.45, 7) is 4.50. The SMILES string of the molecule is CCC1CCCCC1OC(CI)c1ccccc1C. The largest absolute Gasteiger partial charge is 0.369 e. The van der Waals surface area contributed by atoms with Crippen LogP contribution in [0.25, 0.3) is 0 Å². The zero-order chi connectivity index (χ0) is 13.7. The maximum absolute atomic E-state index is 6.50. The summed E-state index contributed by atoms with van der Waals surface area (Å²) in [7, 11) is 0. The second kappa shape index (κ2) is 7.63. The van der Waals surface area contributed by atoms with Crippen molar-refractivity contribution in [3.63, 3.8) is 0 Å². The molecule has 0 spiro atoms. The predicted molar refractivity (Wildman–Crippen MR) is 89.9 cm³/mol. The molecule has 19 heavy (non-hydrogen) atoms. The molecular weight excluding hydrogens is 347 g/mol. The second-order valence-corrected chi connectivity index (χ2v) is 6.51. The number of hydrogen-bond donors (Lipinski definition) is 0. The lowest BCUT2D eigenvalue weighted by Crippen LogP contribution is -2.29. The van der Waals surface area contributed by atoms with Crippen molar-refractivity contribution in [2.45, 2.75) is 58.2 Å². The lowest BCUT2D eigenvalue weighted by molar-refractivity contribution is -0.0519. The van der Waals surface area contributed by atoms with Crippen LogP contribution in [0.5, 0.6) is 0 Å². The third kappa shape index (κ3) is 3.94.